The Labute approximate surface area is 277 Å². The fraction of sp³-hybridized carbons (Fsp3) is 0.639. The zero-order chi connectivity index (χ0) is 33.4. The van der Waals surface area contributed by atoms with Gasteiger partial charge in [0.1, 0.15) is 11.2 Å². The van der Waals surface area contributed by atoms with Crippen molar-refractivity contribution in [3.8, 4) is 0 Å². The third-order valence-electron chi connectivity index (χ3n) is 13.0. The highest BCUT2D eigenvalue weighted by Crippen LogP contribution is 2.75. The Bertz CT molecular complexity index is 1620. The quantitative estimate of drug-likeness (QED) is 0.334. The van der Waals surface area contributed by atoms with Gasteiger partial charge in [0.2, 0.25) is 10.0 Å². The van der Waals surface area contributed by atoms with Gasteiger partial charge >= 0.3 is 5.97 Å². The van der Waals surface area contributed by atoms with Crippen LogP contribution in [0.3, 0.4) is 0 Å². The maximum Gasteiger partial charge on any atom is 0.340 e. The number of benzene rings is 2. The molecule has 0 saturated heterocycles. The highest BCUT2D eigenvalue weighted by atomic mass is 32.2. The highest BCUT2D eigenvalue weighted by Gasteiger charge is 2.81. The first kappa shape index (κ1) is 33.0. The van der Waals surface area contributed by atoms with Gasteiger partial charge in [-0.05, 0) is 62.1 Å². The average Bonchev–Trinajstić information content (AvgIpc) is 3.36. The molecule has 5 fully saturated rings. The van der Waals surface area contributed by atoms with E-state index in [0.29, 0.717) is 50.5 Å². The van der Waals surface area contributed by atoms with Crippen molar-refractivity contribution >= 4 is 21.7 Å². The number of anilines is 1. The Morgan fingerprint density at radius 3 is 2.34 bits per heavy atom. The molecule has 256 valence electrons. The van der Waals surface area contributed by atoms with Gasteiger partial charge in [-0.1, -0.05) is 49.4 Å². The minimum Gasteiger partial charge on any atom is -0.455 e. The summed E-state index contributed by atoms with van der Waals surface area (Å²) in [4.78, 5) is 14.3. The number of rotatable bonds is 9. The standard InChI is InChI=1S/C36H47NO9S/c1-22-19-34-28(14-16-33(39)20-27(43-2)25-18-29(34)36(33,40)31(25)45-4)35(22,17-15-30(34)44-3)46-32(38)24-12-8-9-13-26(24)37-47(41,42)21-23-10-6-5-7-11-23/h5-13,22,25,27-31,37,39-40H,14-21H2,1-4H3/t22-,25?,27?,28?,29?,30+,31+,33-,34?,35-,36+/m1/s1. The van der Waals surface area contributed by atoms with Gasteiger partial charge in [-0.3, -0.25) is 4.72 Å². The number of ether oxygens (including phenoxy) is 4. The van der Waals surface area contributed by atoms with E-state index in [1.54, 1.807) is 69.9 Å². The number of carbonyl (C=O) groups is 1. The molecule has 0 aromatic heterocycles. The summed E-state index contributed by atoms with van der Waals surface area (Å²) in [7, 11) is 1.13. The van der Waals surface area contributed by atoms with E-state index in [2.05, 4.69) is 11.6 Å². The molecule has 5 saturated carbocycles. The molecule has 0 radical (unpaired) electrons. The van der Waals surface area contributed by atoms with E-state index in [1.165, 1.54) is 0 Å². The van der Waals surface area contributed by atoms with Crippen LogP contribution >= 0.6 is 0 Å². The molecule has 10 nitrogen and oxygen atoms in total. The second-order valence-corrected chi connectivity index (χ2v) is 16.5. The molecular weight excluding hydrogens is 622 g/mol. The van der Waals surface area contributed by atoms with Crippen molar-refractivity contribution in [3.63, 3.8) is 0 Å². The smallest absolute Gasteiger partial charge is 0.340 e. The summed E-state index contributed by atoms with van der Waals surface area (Å²) in [5.41, 5.74) is -3.51. The molecule has 0 aliphatic heterocycles. The Morgan fingerprint density at radius 2 is 1.64 bits per heavy atom. The summed E-state index contributed by atoms with van der Waals surface area (Å²) in [5, 5.41) is 25.2. The van der Waals surface area contributed by atoms with Crippen LogP contribution < -0.4 is 4.72 Å². The predicted molar refractivity (Wildman–Crippen MR) is 174 cm³/mol. The monoisotopic (exact) mass is 669 g/mol. The van der Waals surface area contributed by atoms with E-state index in [0.717, 1.165) is 0 Å². The number of sulfonamides is 1. The van der Waals surface area contributed by atoms with Gasteiger partial charge in [0.25, 0.3) is 0 Å². The normalized spacial score (nSPS) is 42.0. The molecule has 2 aromatic carbocycles. The van der Waals surface area contributed by atoms with Crippen molar-refractivity contribution < 1.29 is 42.4 Å². The van der Waals surface area contributed by atoms with E-state index in [1.807, 2.05) is 6.07 Å². The van der Waals surface area contributed by atoms with Gasteiger partial charge in [0, 0.05) is 50.9 Å². The first-order chi connectivity index (χ1) is 22.4. The van der Waals surface area contributed by atoms with E-state index < -0.39 is 44.3 Å². The van der Waals surface area contributed by atoms with Crippen molar-refractivity contribution in [2.45, 2.75) is 92.7 Å². The van der Waals surface area contributed by atoms with Crippen LogP contribution in [-0.2, 0) is 34.7 Å². The fourth-order valence-corrected chi connectivity index (χ4v) is 12.5. The third kappa shape index (κ3) is 4.67. The van der Waals surface area contributed by atoms with E-state index in [9.17, 15) is 23.4 Å². The summed E-state index contributed by atoms with van der Waals surface area (Å²) in [6.07, 6.45) is 2.51. The summed E-state index contributed by atoms with van der Waals surface area (Å²) in [6.45, 7) is 2.11. The van der Waals surface area contributed by atoms with Crippen LogP contribution in [0, 0.1) is 29.1 Å². The van der Waals surface area contributed by atoms with E-state index >= 15 is 0 Å². The Hall–Kier alpha value is -2.54. The zero-order valence-electron chi connectivity index (χ0n) is 27.6. The summed E-state index contributed by atoms with van der Waals surface area (Å²) in [6, 6.07) is 15.4. The van der Waals surface area contributed by atoms with E-state index in [4.69, 9.17) is 18.9 Å². The van der Waals surface area contributed by atoms with Crippen molar-refractivity contribution in [3.05, 3.63) is 65.7 Å². The molecule has 0 amide bonds. The minimum atomic E-state index is -3.83. The van der Waals surface area contributed by atoms with Crippen molar-refractivity contribution in [2.24, 2.45) is 29.1 Å². The molecule has 2 aromatic rings. The number of carbonyl (C=O) groups excluding carboxylic acids is 1. The van der Waals surface area contributed by atoms with Crippen LogP contribution in [0.1, 0.15) is 67.8 Å². The number of aliphatic hydroxyl groups is 2. The number of hydrogen-bond donors (Lipinski definition) is 3. The molecule has 5 aliphatic rings. The van der Waals surface area contributed by atoms with Gasteiger partial charge in [0.05, 0.1) is 40.9 Å². The van der Waals surface area contributed by atoms with Crippen molar-refractivity contribution in [1.82, 2.24) is 0 Å². The lowest BCUT2D eigenvalue weighted by Crippen LogP contribution is -2.69. The van der Waals surface area contributed by atoms with Crippen LogP contribution in [0.5, 0.6) is 0 Å². The lowest BCUT2D eigenvalue weighted by Gasteiger charge is -2.56. The Balaban J connectivity index is 1.24. The van der Waals surface area contributed by atoms with Crippen molar-refractivity contribution in [1.29, 1.82) is 0 Å². The number of esters is 1. The van der Waals surface area contributed by atoms with Crippen molar-refractivity contribution in [2.75, 3.05) is 26.1 Å². The average molecular weight is 670 g/mol. The fourth-order valence-electron chi connectivity index (χ4n) is 11.3. The van der Waals surface area contributed by atoms with Crippen LogP contribution in [0.4, 0.5) is 5.69 Å². The van der Waals surface area contributed by atoms with Crippen LogP contribution in [0.2, 0.25) is 0 Å². The van der Waals surface area contributed by atoms with Gasteiger partial charge in [-0.15, -0.1) is 0 Å². The van der Waals surface area contributed by atoms with Gasteiger partial charge < -0.3 is 29.2 Å². The summed E-state index contributed by atoms with van der Waals surface area (Å²) in [5.74, 6) is -1.57. The Kier molecular flexibility index (Phi) is 8.09. The number of hydrogen-bond acceptors (Lipinski definition) is 9. The molecule has 5 aliphatic carbocycles. The Morgan fingerprint density at radius 1 is 0.915 bits per heavy atom. The van der Waals surface area contributed by atoms with Crippen LogP contribution in [-0.4, -0.2) is 81.0 Å². The number of fused-ring (bicyclic) bond motifs is 1. The van der Waals surface area contributed by atoms with Crippen LogP contribution in [0.15, 0.2) is 54.6 Å². The molecular formula is C36H47NO9S. The maximum absolute atomic E-state index is 14.3. The minimum absolute atomic E-state index is 0.0759. The first-order valence-corrected chi connectivity index (χ1v) is 18.4. The van der Waals surface area contributed by atoms with Gasteiger partial charge in [-0.2, -0.15) is 0 Å². The predicted octanol–water partition coefficient (Wildman–Crippen LogP) is 4.30. The third-order valence-corrected chi connectivity index (χ3v) is 14.2. The molecule has 11 atom stereocenters. The molecule has 11 heteroatoms. The molecule has 4 bridgehead atoms. The van der Waals surface area contributed by atoms with E-state index in [-0.39, 0.29) is 52.9 Å². The topological polar surface area (TPSA) is 141 Å². The molecule has 0 spiro atoms. The van der Waals surface area contributed by atoms with Gasteiger partial charge in [-0.25, -0.2) is 13.2 Å². The zero-order valence-corrected chi connectivity index (χ0v) is 28.4. The lowest BCUT2D eigenvalue weighted by molar-refractivity contribution is -0.271. The molecule has 5 unspecified atom stereocenters. The SMILES string of the molecule is COC1C[C@]2(O)CCC3C4(C[C@@H](C)[C@]3(OC(=O)c3ccccc3NS(=O)(=O)Cc3ccccc3)CC[C@@H]4OC)C3CC1[C@H](OC)[C@@]32O. The number of methoxy groups -OCH3 is 3. The first-order valence-electron chi connectivity index (χ1n) is 16.8. The molecule has 47 heavy (non-hydrogen) atoms. The molecule has 0 heterocycles. The largest absolute Gasteiger partial charge is 0.455 e. The summed E-state index contributed by atoms with van der Waals surface area (Å²) >= 11 is 0. The number of nitrogens with one attached hydrogen (secondary N) is 1. The second kappa shape index (κ2) is 11.5. The molecule has 7 rings (SSSR count). The molecule has 3 N–H and O–H groups in total. The highest BCUT2D eigenvalue weighted by molar-refractivity contribution is 7.91. The summed E-state index contributed by atoms with van der Waals surface area (Å²) < 4.78 is 53.9. The van der Waals surface area contributed by atoms with Gasteiger partial charge in [0.15, 0.2) is 0 Å². The second-order valence-electron chi connectivity index (χ2n) is 14.8. The lowest BCUT2D eigenvalue weighted by atomic mass is 9.54. The van der Waals surface area contributed by atoms with Crippen LogP contribution in [0.25, 0.3) is 0 Å². The number of para-hydroxylation sites is 1. The maximum atomic E-state index is 14.3.